The van der Waals surface area contributed by atoms with E-state index < -0.39 is 47.4 Å². The number of piperazine rings is 1. The van der Waals surface area contributed by atoms with Gasteiger partial charge in [0.15, 0.2) is 5.82 Å². The summed E-state index contributed by atoms with van der Waals surface area (Å²) in [5, 5.41) is 10.7. The molecule has 0 bridgehead atoms. The number of ether oxygens (including phenoxy) is 1. The second-order valence-corrected chi connectivity index (χ2v) is 10.9. The number of rotatable bonds is 4. The molecule has 0 radical (unpaired) electrons. The number of benzene rings is 3. The molecule has 0 aromatic heterocycles. The van der Waals surface area contributed by atoms with Crippen LogP contribution in [0.3, 0.4) is 0 Å². The van der Waals surface area contributed by atoms with Crippen LogP contribution in [-0.4, -0.2) is 65.6 Å². The topological polar surface area (TPSA) is 96.1 Å². The Morgan fingerprint density at radius 3 is 2.41 bits per heavy atom. The van der Waals surface area contributed by atoms with Gasteiger partial charge < -0.3 is 25.4 Å². The average Bonchev–Trinajstić information content (AvgIpc) is 2.89. The molecule has 4 rings (SSSR count). The molecule has 1 saturated heterocycles. The van der Waals surface area contributed by atoms with Crippen LogP contribution in [0.1, 0.15) is 31.1 Å². The Morgan fingerprint density at radius 2 is 1.79 bits per heavy atom. The number of anilines is 1. The molecule has 1 aliphatic heterocycles. The van der Waals surface area contributed by atoms with Crippen LogP contribution in [0.4, 0.5) is 23.7 Å². The van der Waals surface area contributed by atoms with Gasteiger partial charge in [-0.2, -0.15) is 0 Å². The molecule has 0 aliphatic carbocycles. The van der Waals surface area contributed by atoms with E-state index in [0.717, 1.165) is 15.2 Å². The summed E-state index contributed by atoms with van der Waals surface area (Å²) in [6, 6.07) is 9.92. The quantitative estimate of drug-likeness (QED) is 0.359. The summed E-state index contributed by atoms with van der Waals surface area (Å²) in [6.07, 6.45) is -1.37. The zero-order valence-electron chi connectivity index (χ0n) is 21.9. The number of halogens is 4. The zero-order chi connectivity index (χ0) is 28.9. The predicted molar refractivity (Wildman–Crippen MR) is 144 cm³/mol. The fraction of sp³-hybridized carbons (Fsp3) is 0.357. The summed E-state index contributed by atoms with van der Waals surface area (Å²) in [4.78, 5) is 26.9. The van der Waals surface area contributed by atoms with E-state index in [1.807, 2.05) is 12.1 Å². The molecule has 3 aromatic rings. The number of hydrogen-bond acceptors (Lipinski definition) is 4. The van der Waals surface area contributed by atoms with Crippen LogP contribution in [0.2, 0.25) is 5.02 Å². The second kappa shape index (κ2) is 10.1. The fourth-order valence-corrected chi connectivity index (χ4v) is 5.12. The van der Waals surface area contributed by atoms with E-state index in [9.17, 15) is 14.7 Å². The SMILES string of the molecule is COc1cc(-c2c(Cl)cc(C(=O)N3CCN(C(=O)O)CC3C(F)(F)C(C)(C)C)c(N)c2F)c2ccccc2c1. The Balaban J connectivity index is 1.83. The lowest BCUT2D eigenvalue weighted by Gasteiger charge is -2.47. The fourth-order valence-electron chi connectivity index (χ4n) is 4.83. The number of carbonyl (C=O) groups excluding carboxylic acids is 1. The van der Waals surface area contributed by atoms with Crippen molar-refractivity contribution < 1.29 is 32.6 Å². The van der Waals surface area contributed by atoms with Gasteiger partial charge in [-0.3, -0.25) is 4.79 Å². The molecule has 3 aromatic carbocycles. The van der Waals surface area contributed by atoms with Gasteiger partial charge in [-0.15, -0.1) is 0 Å². The van der Waals surface area contributed by atoms with Gasteiger partial charge in [-0.05, 0) is 34.5 Å². The minimum Gasteiger partial charge on any atom is -0.497 e. The first kappa shape index (κ1) is 28.4. The van der Waals surface area contributed by atoms with E-state index >= 15 is 13.2 Å². The van der Waals surface area contributed by atoms with E-state index in [1.165, 1.54) is 33.9 Å². The number of carboxylic acid groups (broad SMARTS) is 1. The van der Waals surface area contributed by atoms with Crippen molar-refractivity contribution in [2.45, 2.75) is 32.7 Å². The van der Waals surface area contributed by atoms with Crippen molar-refractivity contribution in [1.82, 2.24) is 9.80 Å². The zero-order valence-corrected chi connectivity index (χ0v) is 22.7. The van der Waals surface area contributed by atoms with Gasteiger partial charge in [0.05, 0.1) is 29.9 Å². The Morgan fingerprint density at radius 1 is 1.13 bits per heavy atom. The Bertz CT molecular complexity index is 1460. The largest absolute Gasteiger partial charge is 0.497 e. The van der Waals surface area contributed by atoms with Crippen LogP contribution >= 0.6 is 11.6 Å². The van der Waals surface area contributed by atoms with Crippen molar-refractivity contribution in [3.63, 3.8) is 0 Å². The lowest BCUT2D eigenvalue weighted by molar-refractivity contribution is -0.158. The van der Waals surface area contributed by atoms with Gasteiger partial charge in [-0.25, -0.2) is 18.0 Å². The van der Waals surface area contributed by atoms with E-state index in [4.69, 9.17) is 22.1 Å². The first-order valence-electron chi connectivity index (χ1n) is 12.2. The highest BCUT2D eigenvalue weighted by atomic mass is 35.5. The smallest absolute Gasteiger partial charge is 0.407 e. The van der Waals surface area contributed by atoms with Gasteiger partial charge in [0, 0.05) is 24.1 Å². The normalized spacial score (nSPS) is 16.5. The van der Waals surface area contributed by atoms with Crippen LogP contribution in [0.15, 0.2) is 42.5 Å². The molecule has 11 heteroatoms. The molecule has 1 aliphatic rings. The molecule has 1 heterocycles. The van der Waals surface area contributed by atoms with Gasteiger partial charge in [0.1, 0.15) is 11.8 Å². The first-order chi connectivity index (χ1) is 18.2. The average molecular weight is 564 g/mol. The van der Waals surface area contributed by atoms with E-state index in [0.29, 0.717) is 16.7 Å². The standard InChI is InChI=1S/C28H29ClF3N3O4/c1-27(2,3)28(31,32)21-14-34(26(37)38)9-10-35(21)25(36)19-13-20(29)22(23(30)24(19)33)18-12-16(39-4)11-15-7-5-6-8-17(15)18/h5-8,11-13,21H,9-10,14,33H2,1-4H3,(H,37,38). The van der Waals surface area contributed by atoms with E-state index in [2.05, 4.69) is 0 Å². The van der Waals surface area contributed by atoms with Gasteiger partial charge in [0.25, 0.3) is 11.8 Å². The Kier molecular flexibility index (Phi) is 7.37. The minimum absolute atomic E-state index is 0.0620. The number of nitrogens with two attached hydrogens (primary N) is 1. The van der Waals surface area contributed by atoms with Gasteiger partial charge in [-0.1, -0.05) is 56.6 Å². The van der Waals surface area contributed by atoms with Crippen molar-refractivity contribution in [2.24, 2.45) is 5.41 Å². The molecular formula is C28H29ClF3N3O4. The molecule has 0 spiro atoms. The number of nitrogens with zero attached hydrogens (tertiary/aromatic N) is 2. The molecule has 7 nitrogen and oxygen atoms in total. The lowest BCUT2D eigenvalue weighted by Crippen LogP contribution is -2.65. The van der Waals surface area contributed by atoms with E-state index in [-0.39, 0.29) is 29.2 Å². The summed E-state index contributed by atoms with van der Waals surface area (Å²) < 4.78 is 52.5. The number of nitrogen functional groups attached to an aromatic ring is 1. The third-order valence-electron chi connectivity index (χ3n) is 7.16. The molecule has 1 fully saturated rings. The summed E-state index contributed by atoms with van der Waals surface area (Å²) in [6.45, 7) is 2.76. The predicted octanol–water partition coefficient (Wildman–Crippen LogP) is 6.38. The maximum absolute atomic E-state index is 15.9. The molecule has 208 valence electrons. The van der Waals surface area contributed by atoms with Crippen LogP contribution in [0.25, 0.3) is 21.9 Å². The monoisotopic (exact) mass is 563 g/mol. The van der Waals surface area contributed by atoms with Crippen LogP contribution in [0, 0.1) is 11.2 Å². The summed E-state index contributed by atoms with van der Waals surface area (Å²) in [5.74, 6) is -4.99. The molecule has 2 amide bonds. The van der Waals surface area contributed by atoms with Gasteiger partial charge in [0.2, 0.25) is 0 Å². The van der Waals surface area contributed by atoms with Crippen molar-refractivity contribution in [3.8, 4) is 16.9 Å². The van der Waals surface area contributed by atoms with Crippen molar-refractivity contribution in [1.29, 1.82) is 0 Å². The number of hydrogen-bond donors (Lipinski definition) is 2. The third-order valence-corrected chi connectivity index (χ3v) is 7.46. The van der Waals surface area contributed by atoms with Crippen LogP contribution in [0.5, 0.6) is 5.75 Å². The molecule has 0 saturated carbocycles. The summed E-state index contributed by atoms with van der Waals surface area (Å²) >= 11 is 6.54. The van der Waals surface area contributed by atoms with Crippen molar-refractivity contribution >= 4 is 40.1 Å². The van der Waals surface area contributed by atoms with Crippen molar-refractivity contribution in [2.75, 3.05) is 32.5 Å². The maximum atomic E-state index is 15.9. The van der Waals surface area contributed by atoms with E-state index in [1.54, 1.807) is 24.3 Å². The van der Waals surface area contributed by atoms with Gasteiger partial charge >= 0.3 is 6.09 Å². The number of fused-ring (bicyclic) bond motifs is 1. The molecule has 1 atom stereocenters. The second-order valence-electron chi connectivity index (χ2n) is 10.5. The number of methoxy groups -OCH3 is 1. The Labute approximate surface area is 228 Å². The van der Waals surface area contributed by atoms with Crippen LogP contribution in [-0.2, 0) is 0 Å². The lowest BCUT2D eigenvalue weighted by atomic mass is 9.81. The highest BCUT2D eigenvalue weighted by Gasteiger charge is 2.55. The van der Waals surface area contributed by atoms with Crippen LogP contribution < -0.4 is 10.5 Å². The minimum atomic E-state index is -3.49. The molecular weight excluding hydrogens is 535 g/mol. The Hall–Kier alpha value is -3.66. The molecule has 39 heavy (non-hydrogen) atoms. The molecule has 3 N–H and O–H groups in total. The number of carbonyl (C=O) groups is 2. The summed E-state index contributed by atoms with van der Waals surface area (Å²) in [5.41, 5.74) is 3.90. The maximum Gasteiger partial charge on any atom is 0.407 e. The third kappa shape index (κ3) is 4.93. The molecule has 1 unspecified atom stereocenters. The highest BCUT2D eigenvalue weighted by Crippen LogP contribution is 2.44. The number of amides is 2. The highest BCUT2D eigenvalue weighted by molar-refractivity contribution is 6.34. The number of alkyl halides is 2. The van der Waals surface area contributed by atoms with Crippen molar-refractivity contribution in [3.05, 3.63) is 58.9 Å². The first-order valence-corrected chi connectivity index (χ1v) is 12.6. The summed E-state index contributed by atoms with van der Waals surface area (Å²) in [7, 11) is 1.47.